The molecule has 69 heavy (non-hydrogen) atoms. The van der Waals surface area contributed by atoms with Gasteiger partial charge in [-0.2, -0.15) is 0 Å². The Morgan fingerprint density at radius 3 is 0.797 bits per heavy atom. The fourth-order valence-corrected chi connectivity index (χ4v) is 9.82. The van der Waals surface area contributed by atoms with Crippen LogP contribution in [-0.4, -0.2) is 44.0 Å². The van der Waals surface area contributed by atoms with Gasteiger partial charge in [0, 0.05) is 12.1 Å². The van der Waals surface area contributed by atoms with Crippen LogP contribution in [0.15, 0.2) is 12.1 Å². The first-order chi connectivity index (χ1) is 34.2. The summed E-state index contributed by atoms with van der Waals surface area (Å²) in [6.45, 7) is 8.79. The van der Waals surface area contributed by atoms with Gasteiger partial charge in [-0.3, -0.25) is 4.79 Å². The maximum Gasteiger partial charge on any atom is 0.251 e. The summed E-state index contributed by atoms with van der Waals surface area (Å²) in [5, 5.41) is 12.3. The van der Waals surface area contributed by atoms with E-state index in [9.17, 15) is 9.90 Å². The van der Waals surface area contributed by atoms with E-state index < -0.39 is 0 Å². The number of amides is 1. The molecule has 6 nitrogen and oxygen atoms in total. The second-order valence-corrected chi connectivity index (χ2v) is 21.2. The molecule has 0 aromatic heterocycles. The van der Waals surface area contributed by atoms with E-state index in [0.717, 1.165) is 38.5 Å². The maximum absolute atomic E-state index is 13.2. The number of aliphatic hydroxyl groups excluding tert-OH is 1. The van der Waals surface area contributed by atoms with Gasteiger partial charge >= 0.3 is 0 Å². The van der Waals surface area contributed by atoms with Crippen molar-refractivity contribution in [3.8, 4) is 17.2 Å². The smallest absolute Gasteiger partial charge is 0.251 e. The van der Waals surface area contributed by atoms with E-state index in [0.29, 0.717) is 42.6 Å². The van der Waals surface area contributed by atoms with Crippen LogP contribution in [0.4, 0.5) is 0 Å². The van der Waals surface area contributed by atoms with Crippen molar-refractivity contribution in [1.29, 1.82) is 0 Å². The van der Waals surface area contributed by atoms with Crippen molar-refractivity contribution < 1.29 is 24.1 Å². The number of benzene rings is 1. The zero-order valence-corrected chi connectivity index (χ0v) is 46.7. The summed E-state index contributed by atoms with van der Waals surface area (Å²) >= 11 is 0. The van der Waals surface area contributed by atoms with Gasteiger partial charge in [0.2, 0.25) is 5.75 Å². The van der Waals surface area contributed by atoms with Crippen LogP contribution in [-0.2, 0) is 0 Å². The van der Waals surface area contributed by atoms with E-state index in [4.69, 9.17) is 14.2 Å². The van der Waals surface area contributed by atoms with Crippen molar-refractivity contribution in [2.75, 3.05) is 33.0 Å². The highest BCUT2D eigenvalue weighted by molar-refractivity contribution is 5.95. The molecule has 2 N–H and O–H groups in total. The molecule has 0 unspecified atom stereocenters. The predicted octanol–water partition coefficient (Wildman–Crippen LogP) is 20.3. The minimum absolute atomic E-state index is 0.0997. The lowest BCUT2D eigenvalue weighted by atomic mass is 10.0. The summed E-state index contributed by atoms with van der Waals surface area (Å²) in [6, 6.07) is 3.65. The number of hydrogen-bond acceptors (Lipinski definition) is 5. The van der Waals surface area contributed by atoms with Crippen LogP contribution in [0.3, 0.4) is 0 Å². The van der Waals surface area contributed by atoms with E-state index in [1.54, 1.807) is 0 Å². The third-order valence-corrected chi connectivity index (χ3v) is 14.4. The second-order valence-electron chi connectivity index (χ2n) is 21.2. The third-order valence-electron chi connectivity index (χ3n) is 14.4. The van der Waals surface area contributed by atoms with Crippen molar-refractivity contribution in [3.05, 3.63) is 17.7 Å². The van der Waals surface area contributed by atoms with E-state index in [-0.39, 0.29) is 19.1 Å². The molecular formula is C63H119NO5. The van der Waals surface area contributed by atoms with E-state index >= 15 is 0 Å². The largest absolute Gasteiger partial charge is 0.490 e. The van der Waals surface area contributed by atoms with Crippen molar-refractivity contribution in [2.45, 2.75) is 329 Å². The number of aliphatic hydroxyl groups is 1. The zero-order chi connectivity index (χ0) is 49.6. The Morgan fingerprint density at radius 1 is 0.348 bits per heavy atom. The molecule has 0 saturated heterocycles. The number of hydrogen-bond donors (Lipinski definition) is 2. The van der Waals surface area contributed by atoms with Crippen LogP contribution < -0.4 is 19.5 Å². The van der Waals surface area contributed by atoms with Gasteiger partial charge in [-0.15, -0.1) is 0 Å². The summed E-state index contributed by atoms with van der Waals surface area (Å²) in [5.74, 6) is 1.62. The summed E-state index contributed by atoms with van der Waals surface area (Å²) < 4.78 is 19.5. The minimum Gasteiger partial charge on any atom is -0.490 e. The number of unbranched alkanes of at least 4 members (excludes halogenated alkanes) is 45. The van der Waals surface area contributed by atoms with Crippen LogP contribution in [0.5, 0.6) is 17.2 Å². The Labute approximate surface area is 430 Å². The summed E-state index contributed by atoms with van der Waals surface area (Å²) in [7, 11) is 0. The van der Waals surface area contributed by atoms with Gasteiger partial charge in [0.15, 0.2) is 11.5 Å². The molecule has 0 aliphatic carbocycles. The van der Waals surface area contributed by atoms with E-state index in [1.165, 1.54) is 270 Å². The highest BCUT2D eigenvalue weighted by atomic mass is 16.5. The van der Waals surface area contributed by atoms with Crippen molar-refractivity contribution in [2.24, 2.45) is 0 Å². The van der Waals surface area contributed by atoms with Crippen LogP contribution in [0.25, 0.3) is 0 Å². The third kappa shape index (κ3) is 43.4. The average Bonchev–Trinajstić information content (AvgIpc) is 3.36. The standard InChI is InChI=1S/C63H119NO5/c1-4-7-10-13-16-19-22-25-28-31-34-37-40-43-46-49-54-67-60-57-59(63(66)64-52-53-65)58-61(68-55-50-47-44-41-38-35-32-29-26-23-20-17-14-11-8-5-2)62(60)69-56-51-48-45-42-39-36-33-30-27-24-21-18-15-12-9-6-3/h57-58,65H,4-56H2,1-3H3,(H,64,66). The van der Waals surface area contributed by atoms with E-state index in [1.807, 2.05) is 12.1 Å². The molecular weight excluding hydrogens is 851 g/mol. The van der Waals surface area contributed by atoms with Gasteiger partial charge in [-0.1, -0.05) is 310 Å². The fraction of sp³-hybridized carbons (Fsp3) is 0.889. The van der Waals surface area contributed by atoms with Crippen molar-refractivity contribution in [1.82, 2.24) is 5.32 Å². The van der Waals surface area contributed by atoms with Gasteiger partial charge in [-0.25, -0.2) is 0 Å². The van der Waals surface area contributed by atoms with Gasteiger partial charge in [0.25, 0.3) is 5.91 Å². The molecule has 0 aliphatic rings. The molecule has 0 radical (unpaired) electrons. The number of carbonyl (C=O) groups excluding carboxylic acids is 1. The monoisotopic (exact) mass is 970 g/mol. The number of carbonyl (C=O) groups is 1. The minimum atomic E-state index is -0.229. The maximum atomic E-state index is 13.2. The summed E-state index contributed by atoms with van der Waals surface area (Å²) in [5.41, 5.74) is 0.488. The van der Waals surface area contributed by atoms with Crippen LogP contribution in [0.1, 0.15) is 339 Å². The first-order valence-electron chi connectivity index (χ1n) is 31.1. The predicted molar refractivity (Wildman–Crippen MR) is 301 cm³/mol. The molecule has 6 heteroatoms. The number of rotatable bonds is 57. The number of ether oxygens (including phenoxy) is 3. The van der Waals surface area contributed by atoms with Crippen LogP contribution in [0, 0.1) is 0 Å². The van der Waals surface area contributed by atoms with Gasteiger partial charge in [-0.05, 0) is 31.4 Å². The van der Waals surface area contributed by atoms with E-state index in [2.05, 4.69) is 26.1 Å². The summed E-state index contributed by atoms with van der Waals surface area (Å²) in [6.07, 6.45) is 64.3. The molecule has 1 aromatic carbocycles. The molecule has 0 atom stereocenters. The lowest BCUT2D eigenvalue weighted by Gasteiger charge is -2.19. The van der Waals surface area contributed by atoms with Crippen molar-refractivity contribution in [3.63, 3.8) is 0 Å². The molecule has 406 valence electrons. The molecule has 0 fully saturated rings. The normalized spacial score (nSPS) is 11.4. The second kappa shape index (κ2) is 53.8. The average molecular weight is 971 g/mol. The lowest BCUT2D eigenvalue weighted by molar-refractivity contribution is 0.0943. The molecule has 0 aliphatic heterocycles. The Bertz CT molecular complexity index is 1130. The molecule has 0 heterocycles. The fourth-order valence-electron chi connectivity index (χ4n) is 9.82. The molecule has 0 bridgehead atoms. The summed E-state index contributed by atoms with van der Waals surface area (Å²) in [4.78, 5) is 13.2. The SMILES string of the molecule is CCCCCCCCCCCCCCCCCCOc1cc(C(=O)NCCO)cc(OCCCCCCCCCCCCCCCCCC)c1OCCCCCCCCCCCCCCCCCC. The number of nitrogens with one attached hydrogen (secondary N) is 1. The molecule has 1 aromatic rings. The molecule has 0 spiro atoms. The Balaban J connectivity index is 2.59. The van der Waals surface area contributed by atoms with Crippen molar-refractivity contribution >= 4 is 5.91 Å². The van der Waals surface area contributed by atoms with Gasteiger partial charge < -0.3 is 24.6 Å². The van der Waals surface area contributed by atoms with Crippen LogP contribution >= 0.6 is 0 Å². The highest BCUT2D eigenvalue weighted by Gasteiger charge is 2.19. The first kappa shape index (κ1) is 65.1. The van der Waals surface area contributed by atoms with Gasteiger partial charge in [0.1, 0.15) is 0 Å². The highest BCUT2D eigenvalue weighted by Crippen LogP contribution is 2.40. The zero-order valence-electron chi connectivity index (χ0n) is 46.7. The molecule has 1 rings (SSSR count). The Hall–Kier alpha value is -1.95. The quantitative estimate of drug-likeness (QED) is 0.0636. The van der Waals surface area contributed by atoms with Gasteiger partial charge in [0.05, 0.1) is 26.4 Å². The lowest BCUT2D eigenvalue weighted by Crippen LogP contribution is -2.26. The molecule has 1 amide bonds. The first-order valence-corrected chi connectivity index (χ1v) is 31.1. The van der Waals surface area contributed by atoms with Crippen LogP contribution in [0.2, 0.25) is 0 Å². The topological polar surface area (TPSA) is 77.0 Å². The Kier molecular flexibility index (Phi) is 50.8. The molecule has 0 saturated carbocycles. The Morgan fingerprint density at radius 2 is 0.565 bits per heavy atom.